The van der Waals surface area contributed by atoms with Gasteiger partial charge in [0.15, 0.2) is 5.65 Å². The molecule has 0 fully saturated rings. The number of aromatic nitrogens is 3. The predicted molar refractivity (Wildman–Crippen MR) is 73.4 cm³/mol. The van der Waals surface area contributed by atoms with Gasteiger partial charge in [0, 0.05) is 12.7 Å². The van der Waals surface area contributed by atoms with Gasteiger partial charge in [-0.15, -0.1) is 0 Å². The number of rotatable bonds is 5. The van der Waals surface area contributed by atoms with Crippen LogP contribution < -0.4 is 5.32 Å². The number of anilines is 1. The van der Waals surface area contributed by atoms with Crippen molar-refractivity contribution in [3.05, 3.63) is 24.7 Å². The lowest BCUT2D eigenvalue weighted by Crippen LogP contribution is -2.14. The Morgan fingerprint density at radius 2 is 2.24 bits per heavy atom. The summed E-state index contributed by atoms with van der Waals surface area (Å²) in [4.78, 5) is 12.6. The van der Waals surface area contributed by atoms with Crippen LogP contribution in [0.3, 0.4) is 0 Å². The predicted octanol–water partition coefficient (Wildman–Crippen LogP) is 2.44. The Morgan fingerprint density at radius 1 is 1.35 bits per heavy atom. The minimum absolute atomic E-state index is 0.617. The summed E-state index contributed by atoms with van der Waals surface area (Å²) >= 11 is 1.86. The molecule has 2 rings (SSSR count). The van der Waals surface area contributed by atoms with Crippen molar-refractivity contribution in [3.63, 3.8) is 0 Å². The quantitative estimate of drug-likeness (QED) is 0.880. The molecule has 2 aromatic rings. The van der Waals surface area contributed by atoms with Crippen LogP contribution in [0.4, 0.5) is 5.82 Å². The lowest BCUT2D eigenvalue weighted by Gasteiger charge is -2.12. The molecule has 2 aromatic heterocycles. The van der Waals surface area contributed by atoms with Gasteiger partial charge in [0.25, 0.3) is 0 Å². The largest absolute Gasteiger partial charge is 0.369 e. The second-order valence-electron chi connectivity index (χ2n) is 4.04. The molecule has 0 bridgehead atoms. The third-order valence-corrected chi connectivity index (χ3v) is 3.38. The molecule has 1 atom stereocenters. The standard InChI is InChI=1S/C12H16N4S/c1-9(7-17-2)6-14-12-10-4-3-5-13-11(10)15-8-16-12/h3-5,8-9H,6-7H2,1-2H3,(H,13,14,15,16)/t9-/m0/s1. The lowest BCUT2D eigenvalue weighted by molar-refractivity contribution is 0.700. The molecule has 0 radical (unpaired) electrons. The summed E-state index contributed by atoms with van der Waals surface area (Å²) in [5.74, 6) is 2.64. The van der Waals surface area contributed by atoms with E-state index in [0.29, 0.717) is 5.92 Å². The fourth-order valence-electron chi connectivity index (χ4n) is 1.65. The molecule has 0 aliphatic rings. The monoisotopic (exact) mass is 248 g/mol. The Morgan fingerprint density at radius 3 is 3.06 bits per heavy atom. The van der Waals surface area contributed by atoms with Gasteiger partial charge in [-0.2, -0.15) is 11.8 Å². The second kappa shape index (κ2) is 5.82. The highest BCUT2D eigenvalue weighted by Gasteiger charge is 2.05. The molecule has 0 saturated carbocycles. The first kappa shape index (κ1) is 12.1. The van der Waals surface area contributed by atoms with Gasteiger partial charge in [-0.25, -0.2) is 15.0 Å². The Kier molecular flexibility index (Phi) is 4.14. The third kappa shape index (κ3) is 3.06. The van der Waals surface area contributed by atoms with Crippen molar-refractivity contribution in [2.24, 2.45) is 5.92 Å². The van der Waals surface area contributed by atoms with Gasteiger partial charge in [0.1, 0.15) is 12.1 Å². The molecular weight excluding hydrogens is 232 g/mol. The van der Waals surface area contributed by atoms with Crippen LogP contribution in [0.25, 0.3) is 11.0 Å². The normalized spacial score (nSPS) is 12.6. The van der Waals surface area contributed by atoms with Gasteiger partial charge < -0.3 is 5.32 Å². The molecule has 0 aliphatic heterocycles. The molecule has 5 heteroatoms. The first-order chi connectivity index (χ1) is 8.31. The van der Waals surface area contributed by atoms with E-state index in [1.165, 1.54) is 0 Å². The van der Waals surface area contributed by atoms with E-state index in [2.05, 4.69) is 33.4 Å². The Balaban J connectivity index is 2.13. The number of nitrogens with zero attached hydrogens (tertiary/aromatic N) is 3. The van der Waals surface area contributed by atoms with Crippen molar-refractivity contribution in [1.29, 1.82) is 0 Å². The molecule has 4 nitrogen and oxygen atoms in total. The van der Waals surface area contributed by atoms with Crippen LogP contribution in [-0.2, 0) is 0 Å². The van der Waals surface area contributed by atoms with E-state index in [-0.39, 0.29) is 0 Å². The van der Waals surface area contributed by atoms with E-state index in [1.807, 2.05) is 23.9 Å². The van der Waals surface area contributed by atoms with E-state index < -0.39 is 0 Å². The topological polar surface area (TPSA) is 50.7 Å². The maximum Gasteiger partial charge on any atom is 0.164 e. The first-order valence-electron chi connectivity index (χ1n) is 5.60. The minimum atomic E-state index is 0.617. The summed E-state index contributed by atoms with van der Waals surface area (Å²) in [6.07, 6.45) is 5.42. The number of nitrogens with one attached hydrogen (secondary N) is 1. The van der Waals surface area contributed by atoms with Crippen LogP contribution in [0, 0.1) is 5.92 Å². The van der Waals surface area contributed by atoms with Crippen LogP contribution in [0.2, 0.25) is 0 Å². The van der Waals surface area contributed by atoms with E-state index in [0.717, 1.165) is 29.1 Å². The Hall–Kier alpha value is -1.36. The smallest absolute Gasteiger partial charge is 0.164 e. The molecule has 17 heavy (non-hydrogen) atoms. The van der Waals surface area contributed by atoms with Crippen LogP contribution in [0.1, 0.15) is 6.92 Å². The number of fused-ring (bicyclic) bond motifs is 1. The van der Waals surface area contributed by atoms with Crippen molar-refractivity contribution in [2.75, 3.05) is 23.9 Å². The summed E-state index contributed by atoms with van der Waals surface area (Å²) in [5.41, 5.74) is 0.738. The number of thioether (sulfide) groups is 1. The highest BCUT2D eigenvalue weighted by Crippen LogP contribution is 2.17. The molecule has 2 heterocycles. The molecular formula is C12H16N4S. The van der Waals surface area contributed by atoms with Gasteiger partial charge in [-0.1, -0.05) is 6.92 Å². The Labute approximate surface area is 105 Å². The zero-order chi connectivity index (χ0) is 12.1. The van der Waals surface area contributed by atoms with Crippen LogP contribution >= 0.6 is 11.8 Å². The van der Waals surface area contributed by atoms with E-state index in [4.69, 9.17) is 0 Å². The summed E-state index contributed by atoms with van der Waals surface area (Å²) in [7, 11) is 0. The van der Waals surface area contributed by atoms with Crippen molar-refractivity contribution >= 4 is 28.6 Å². The molecule has 0 amide bonds. The number of pyridine rings is 1. The molecule has 1 N–H and O–H groups in total. The first-order valence-corrected chi connectivity index (χ1v) is 6.99. The number of hydrogen-bond acceptors (Lipinski definition) is 5. The van der Waals surface area contributed by atoms with Gasteiger partial charge in [0.05, 0.1) is 5.39 Å². The molecule has 0 saturated heterocycles. The van der Waals surface area contributed by atoms with Gasteiger partial charge in [-0.05, 0) is 30.1 Å². The number of hydrogen-bond donors (Lipinski definition) is 1. The second-order valence-corrected chi connectivity index (χ2v) is 4.95. The molecule has 0 aromatic carbocycles. The molecule has 0 spiro atoms. The maximum absolute atomic E-state index is 4.27. The zero-order valence-corrected chi connectivity index (χ0v) is 10.9. The van der Waals surface area contributed by atoms with Crippen molar-refractivity contribution in [3.8, 4) is 0 Å². The molecule has 90 valence electrons. The summed E-state index contributed by atoms with van der Waals surface area (Å²) < 4.78 is 0. The fourth-order valence-corrected chi connectivity index (χ4v) is 2.34. The van der Waals surface area contributed by atoms with Crippen molar-refractivity contribution < 1.29 is 0 Å². The average Bonchev–Trinajstić information content (AvgIpc) is 2.36. The maximum atomic E-state index is 4.27. The fraction of sp³-hybridized carbons (Fsp3) is 0.417. The van der Waals surface area contributed by atoms with Crippen molar-refractivity contribution in [1.82, 2.24) is 15.0 Å². The van der Waals surface area contributed by atoms with Crippen LogP contribution in [-0.4, -0.2) is 33.5 Å². The summed E-state index contributed by atoms with van der Waals surface area (Å²) in [6.45, 7) is 3.15. The molecule has 0 unspecified atom stereocenters. The van der Waals surface area contributed by atoms with Gasteiger partial charge in [-0.3, -0.25) is 0 Å². The summed E-state index contributed by atoms with van der Waals surface area (Å²) in [6, 6.07) is 3.89. The Bertz CT molecular complexity index is 483. The average molecular weight is 248 g/mol. The summed E-state index contributed by atoms with van der Waals surface area (Å²) in [5, 5.41) is 4.35. The van der Waals surface area contributed by atoms with Crippen LogP contribution in [0.15, 0.2) is 24.7 Å². The van der Waals surface area contributed by atoms with E-state index in [9.17, 15) is 0 Å². The third-order valence-electron chi connectivity index (χ3n) is 2.48. The van der Waals surface area contributed by atoms with E-state index >= 15 is 0 Å². The van der Waals surface area contributed by atoms with Gasteiger partial charge >= 0.3 is 0 Å². The SMILES string of the molecule is CSC[C@@H](C)CNc1ncnc2ncccc12. The zero-order valence-electron chi connectivity index (χ0n) is 10.1. The highest BCUT2D eigenvalue weighted by molar-refractivity contribution is 7.98. The molecule has 0 aliphatic carbocycles. The van der Waals surface area contributed by atoms with Crippen LogP contribution in [0.5, 0.6) is 0 Å². The lowest BCUT2D eigenvalue weighted by atomic mass is 10.2. The minimum Gasteiger partial charge on any atom is -0.369 e. The van der Waals surface area contributed by atoms with E-state index in [1.54, 1.807) is 12.5 Å². The highest BCUT2D eigenvalue weighted by atomic mass is 32.2. The van der Waals surface area contributed by atoms with Gasteiger partial charge in [0.2, 0.25) is 0 Å². The van der Waals surface area contributed by atoms with Crippen molar-refractivity contribution in [2.45, 2.75) is 6.92 Å².